The summed E-state index contributed by atoms with van der Waals surface area (Å²) in [6.07, 6.45) is -0.509. The minimum Gasteiger partial charge on any atom is -0.353 e. The number of methoxy groups -OCH3 is 1. The molecule has 0 aromatic carbocycles. The average molecular weight is 92.1 g/mol. The van der Waals surface area contributed by atoms with E-state index in [-0.39, 0.29) is 0 Å². The molecule has 38 valence electrons. The fraction of sp³-hybridized carbons (Fsp3) is 1.00. The minimum absolute atomic E-state index is 0.509. The summed E-state index contributed by atoms with van der Waals surface area (Å²) in [7, 11) is 1.45. The molecule has 3 nitrogen and oxygen atoms in total. The summed E-state index contributed by atoms with van der Waals surface area (Å²) in [4.78, 5) is 3.68. The molecule has 0 saturated carbocycles. The molecule has 0 bridgehead atoms. The van der Waals surface area contributed by atoms with Crippen LogP contribution < -0.4 is 0 Å². The molecule has 0 aromatic heterocycles. The standard InChI is InChI=1S/C3H8O3/c1-3(5-2)6-4/h3-4H,1-2H3. The Morgan fingerprint density at radius 3 is 2.17 bits per heavy atom. The van der Waals surface area contributed by atoms with Crippen molar-refractivity contribution in [3.8, 4) is 0 Å². The molecule has 0 aliphatic rings. The van der Waals surface area contributed by atoms with Crippen LogP contribution in [-0.2, 0) is 9.62 Å². The van der Waals surface area contributed by atoms with E-state index in [1.807, 2.05) is 0 Å². The molecular formula is C3H8O3. The number of ether oxygens (including phenoxy) is 1. The van der Waals surface area contributed by atoms with E-state index in [1.165, 1.54) is 7.11 Å². The van der Waals surface area contributed by atoms with Crippen molar-refractivity contribution in [2.45, 2.75) is 13.2 Å². The van der Waals surface area contributed by atoms with Crippen LogP contribution in [-0.4, -0.2) is 18.7 Å². The van der Waals surface area contributed by atoms with E-state index in [4.69, 9.17) is 5.26 Å². The second-order valence-corrected chi connectivity index (χ2v) is 0.909. The largest absolute Gasteiger partial charge is 0.353 e. The van der Waals surface area contributed by atoms with Crippen molar-refractivity contribution in [3.63, 3.8) is 0 Å². The molecular weight excluding hydrogens is 84.0 g/mol. The fourth-order valence-electron chi connectivity index (χ4n) is 0.0430. The Bertz CT molecular complexity index is 25.2. The lowest BCUT2D eigenvalue weighted by molar-refractivity contribution is -0.334. The van der Waals surface area contributed by atoms with Gasteiger partial charge in [0.15, 0.2) is 6.29 Å². The Kier molecular flexibility index (Phi) is 3.02. The zero-order valence-corrected chi connectivity index (χ0v) is 3.84. The Morgan fingerprint density at radius 2 is 2.17 bits per heavy atom. The van der Waals surface area contributed by atoms with Crippen LogP contribution in [0.3, 0.4) is 0 Å². The molecule has 0 saturated heterocycles. The van der Waals surface area contributed by atoms with E-state index in [9.17, 15) is 0 Å². The van der Waals surface area contributed by atoms with Crippen LogP contribution in [0, 0.1) is 0 Å². The van der Waals surface area contributed by atoms with Crippen LogP contribution in [0.2, 0.25) is 0 Å². The molecule has 0 aliphatic heterocycles. The Hall–Kier alpha value is -0.120. The first-order chi connectivity index (χ1) is 2.81. The molecule has 0 fully saturated rings. The molecule has 1 atom stereocenters. The van der Waals surface area contributed by atoms with E-state index >= 15 is 0 Å². The van der Waals surface area contributed by atoms with Crippen LogP contribution in [0.15, 0.2) is 0 Å². The maximum atomic E-state index is 7.71. The van der Waals surface area contributed by atoms with Gasteiger partial charge in [-0.2, -0.15) is 0 Å². The van der Waals surface area contributed by atoms with Crippen LogP contribution >= 0.6 is 0 Å². The summed E-state index contributed by atoms with van der Waals surface area (Å²) in [6.45, 7) is 1.58. The number of hydrogen-bond donors (Lipinski definition) is 1. The van der Waals surface area contributed by atoms with E-state index in [2.05, 4.69) is 9.62 Å². The lowest BCUT2D eigenvalue weighted by Gasteiger charge is -2.00. The average Bonchev–Trinajstić information content (AvgIpc) is 1.65. The monoisotopic (exact) mass is 92.0 g/mol. The van der Waals surface area contributed by atoms with Crippen molar-refractivity contribution in [1.29, 1.82) is 0 Å². The van der Waals surface area contributed by atoms with Crippen molar-refractivity contribution >= 4 is 0 Å². The summed E-state index contributed by atoms with van der Waals surface area (Å²) in [5.74, 6) is 0. The SMILES string of the molecule is COC(C)OO. The molecule has 0 amide bonds. The first-order valence-corrected chi connectivity index (χ1v) is 1.64. The van der Waals surface area contributed by atoms with Gasteiger partial charge in [-0.1, -0.05) is 0 Å². The third kappa shape index (κ3) is 2.14. The second kappa shape index (κ2) is 3.08. The maximum absolute atomic E-state index is 7.71. The highest BCUT2D eigenvalue weighted by Crippen LogP contribution is 1.82. The predicted molar refractivity (Wildman–Crippen MR) is 20.2 cm³/mol. The summed E-state index contributed by atoms with van der Waals surface area (Å²) in [5, 5.41) is 7.71. The van der Waals surface area contributed by atoms with E-state index in [1.54, 1.807) is 6.92 Å². The van der Waals surface area contributed by atoms with Crippen LogP contribution in [0.25, 0.3) is 0 Å². The van der Waals surface area contributed by atoms with E-state index < -0.39 is 6.29 Å². The van der Waals surface area contributed by atoms with Gasteiger partial charge in [0.05, 0.1) is 0 Å². The molecule has 6 heavy (non-hydrogen) atoms. The first kappa shape index (κ1) is 5.88. The summed E-state index contributed by atoms with van der Waals surface area (Å²) >= 11 is 0. The Morgan fingerprint density at radius 1 is 1.67 bits per heavy atom. The van der Waals surface area contributed by atoms with Crippen molar-refractivity contribution in [2.24, 2.45) is 0 Å². The molecule has 0 radical (unpaired) electrons. The molecule has 0 aliphatic carbocycles. The quantitative estimate of drug-likeness (QED) is 0.305. The Balaban J connectivity index is 2.75. The lowest BCUT2D eigenvalue weighted by atomic mass is 10.8. The first-order valence-electron chi connectivity index (χ1n) is 1.64. The molecule has 1 unspecified atom stereocenters. The van der Waals surface area contributed by atoms with Gasteiger partial charge in [-0.3, -0.25) is 0 Å². The smallest absolute Gasteiger partial charge is 0.187 e. The predicted octanol–water partition coefficient (Wildman–Crippen LogP) is 0.468. The summed E-state index contributed by atoms with van der Waals surface area (Å²) in [6, 6.07) is 0. The van der Waals surface area contributed by atoms with Gasteiger partial charge in [-0.15, -0.1) is 0 Å². The molecule has 0 heterocycles. The van der Waals surface area contributed by atoms with Crippen LogP contribution in [0.4, 0.5) is 0 Å². The highest BCUT2D eigenvalue weighted by Gasteiger charge is 1.90. The van der Waals surface area contributed by atoms with Crippen molar-refractivity contribution in [3.05, 3.63) is 0 Å². The Labute approximate surface area is 36.4 Å². The molecule has 1 N–H and O–H groups in total. The van der Waals surface area contributed by atoms with Gasteiger partial charge in [-0.05, 0) is 6.92 Å². The highest BCUT2D eigenvalue weighted by atomic mass is 17.1. The number of hydrogen-bond acceptors (Lipinski definition) is 3. The number of rotatable bonds is 2. The van der Waals surface area contributed by atoms with Crippen LogP contribution in [0.5, 0.6) is 0 Å². The van der Waals surface area contributed by atoms with E-state index in [0.717, 1.165) is 0 Å². The minimum atomic E-state index is -0.509. The molecule has 0 aromatic rings. The zero-order chi connectivity index (χ0) is 4.99. The van der Waals surface area contributed by atoms with E-state index in [0.29, 0.717) is 0 Å². The summed E-state index contributed by atoms with van der Waals surface area (Å²) in [5.41, 5.74) is 0. The highest BCUT2D eigenvalue weighted by molar-refractivity contribution is 4.14. The molecule has 3 heteroatoms. The van der Waals surface area contributed by atoms with Crippen LogP contribution in [0.1, 0.15) is 6.92 Å². The zero-order valence-electron chi connectivity index (χ0n) is 3.84. The van der Waals surface area contributed by atoms with Crippen molar-refractivity contribution in [2.75, 3.05) is 7.11 Å². The summed E-state index contributed by atoms with van der Waals surface area (Å²) < 4.78 is 4.43. The van der Waals surface area contributed by atoms with Gasteiger partial charge in [0.2, 0.25) is 0 Å². The molecule has 0 rings (SSSR count). The van der Waals surface area contributed by atoms with Gasteiger partial charge in [0.25, 0.3) is 0 Å². The third-order valence-corrected chi connectivity index (χ3v) is 0.480. The lowest BCUT2D eigenvalue weighted by Crippen LogP contribution is -2.05. The van der Waals surface area contributed by atoms with Crippen molar-refractivity contribution < 1.29 is 14.9 Å². The topological polar surface area (TPSA) is 38.7 Å². The van der Waals surface area contributed by atoms with Gasteiger partial charge in [0.1, 0.15) is 0 Å². The van der Waals surface area contributed by atoms with Gasteiger partial charge in [-0.25, -0.2) is 10.1 Å². The van der Waals surface area contributed by atoms with Gasteiger partial charge < -0.3 is 4.74 Å². The van der Waals surface area contributed by atoms with Gasteiger partial charge >= 0.3 is 0 Å². The third-order valence-electron chi connectivity index (χ3n) is 0.480. The molecule has 0 spiro atoms. The normalized spacial score (nSPS) is 14.5. The van der Waals surface area contributed by atoms with Crippen molar-refractivity contribution in [1.82, 2.24) is 0 Å². The fourth-order valence-corrected chi connectivity index (χ4v) is 0.0430. The second-order valence-electron chi connectivity index (χ2n) is 0.909. The maximum Gasteiger partial charge on any atom is 0.187 e. The van der Waals surface area contributed by atoms with Gasteiger partial charge in [0, 0.05) is 7.11 Å².